The summed E-state index contributed by atoms with van der Waals surface area (Å²) >= 11 is 0. The van der Waals surface area contributed by atoms with Crippen LogP contribution in [0.15, 0.2) is 24.4 Å². The first-order valence-electron chi connectivity index (χ1n) is 5.70. The van der Waals surface area contributed by atoms with Gasteiger partial charge >= 0.3 is 0 Å². The maximum absolute atomic E-state index is 5.36. The van der Waals surface area contributed by atoms with Gasteiger partial charge in [-0.25, -0.2) is 0 Å². The van der Waals surface area contributed by atoms with Crippen LogP contribution in [-0.4, -0.2) is 17.3 Å². The van der Waals surface area contributed by atoms with E-state index < -0.39 is 0 Å². The Labute approximate surface area is 100 Å². The van der Waals surface area contributed by atoms with Crippen molar-refractivity contribution in [2.45, 2.75) is 19.5 Å². The SMILES string of the molecule is COc1cccc([C@H]2NCc3[nH]ncc32)c1C. The van der Waals surface area contributed by atoms with Crippen LogP contribution in [0, 0.1) is 6.92 Å². The van der Waals surface area contributed by atoms with E-state index in [2.05, 4.69) is 28.5 Å². The molecule has 3 rings (SSSR count). The molecule has 1 aromatic heterocycles. The van der Waals surface area contributed by atoms with Crippen molar-refractivity contribution in [2.24, 2.45) is 0 Å². The number of methoxy groups -OCH3 is 1. The largest absolute Gasteiger partial charge is 0.496 e. The van der Waals surface area contributed by atoms with E-state index in [4.69, 9.17) is 4.74 Å². The van der Waals surface area contributed by atoms with E-state index in [-0.39, 0.29) is 6.04 Å². The van der Waals surface area contributed by atoms with Gasteiger partial charge in [0.05, 0.1) is 25.0 Å². The van der Waals surface area contributed by atoms with Crippen LogP contribution in [0.2, 0.25) is 0 Å². The van der Waals surface area contributed by atoms with Gasteiger partial charge in [0.1, 0.15) is 5.75 Å². The molecule has 88 valence electrons. The Bertz CT molecular complexity index is 547. The molecule has 1 aliphatic rings. The number of hydrogen-bond acceptors (Lipinski definition) is 3. The van der Waals surface area contributed by atoms with E-state index in [0.29, 0.717) is 0 Å². The highest BCUT2D eigenvalue weighted by Crippen LogP contribution is 2.34. The Balaban J connectivity index is 2.07. The van der Waals surface area contributed by atoms with E-state index in [1.807, 2.05) is 18.3 Å². The molecule has 2 aromatic rings. The Kier molecular flexibility index (Phi) is 2.37. The molecule has 1 atom stereocenters. The summed E-state index contributed by atoms with van der Waals surface area (Å²) in [6, 6.07) is 6.38. The molecule has 2 N–H and O–H groups in total. The molecule has 0 bridgehead atoms. The summed E-state index contributed by atoms with van der Waals surface area (Å²) in [7, 11) is 1.71. The first-order chi connectivity index (χ1) is 8.31. The van der Waals surface area contributed by atoms with Gasteiger partial charge in [-0.05, 0) is 24.1 Å². The van der Waals surface area contributed by atoms with Crippen molar-refractivity contribution < 1.29 is 4.74 Å². The van der Waals surface area contributed by atoms with Crippen molar-refractivity contribution in [3.63, 3.8) is 0 Å². The third kappa shape index (κ3) is 1.52. The van der Waals surface area contributed by atoms with E-state index >= 15 is 0 Å². The van der Waals surface area contributed by atoms with E-state index in [0.717, 1.165) is 12.3 Å². The van der Waals surface area contributed by atoms with Gasteiger partial charge in [0.15, 0.2) is 0 Å². The second-order valence-corrected chi connectivity index (χ2v) is 4.29. The number of hydrogen-bond donors (Lipinski definition) is 2. The van der Waals surface area contributed by atoms with Crippen LogP contribution >= 0.6 is 0 Å². The lowest BCUT2D eigenvalue weighted by atomic mass is 9.97. The van der Waals surface area contributed by atoms with E-state index in [1.54, 1.807) is 7.11 Å². The van der Waals surface area contributed by atoms with Crippen molar-refractivity contribution in [1.82, 2.24) is 15.5 Å². The summed E-state index contributed by atoms with van der Waals surface area (Å²) in [5, 5.41) is 10.6. The van der Waals surface area contributed by atoms with Crippen molar-refractivity contribution >= 4 is 0 Å². The first kappa shape index (κ1) is 10.4. The number of aromatic nitrogens is 2. The minimum atomic E-state index is 0.221. The number of nitrogens with one attached hydrogen (secondary N) is 2. The average Bonchev–Trinajstić information content (AvgIpc) is 2.92. The third-order valence-corrected chi connectivity index (χ3v) is 3.40. The standard InChI is InChI=1S/C13H15N3O/c1-8-9(4-3-5-12(8)17-2)13-10-6-15-16-11(10)7-14-13/h3-6,13-14H,7H2,1-2H3,(H,15,16)/t13-/m1/s1. The number of benzene rings is 1. The maximum Gasteiger partial charge on any atom is 0.122 e. The lowest BCUT2D eigenvalue weighted by Crippen LogP contribution is -2.15. The fourth-order valence-corrected chi connectivity index (χ4v) is 2.47. The second kappa shape index (κ2) is 3.89. The minimum Gasteiger partial charge on any atom is -0.496 e. The summed E-state index contributed by atoms with van der Waals surface area (Å²) in [5.41, 5.74) is 4.85. The molecule has 4 nitrogen and oxygen atoms in total. The number of aromatic amines is 1. The lowest BCUT2D eigenvalue weighted by Gasteiger charge is -2.16. The average molecular weight is 229 g/mol. The molecule has 4 heteroatoms. The molecular weight excluding hydrogens is 214 g/mol. The predicted molar refractivity (Wildman–Crippen MR) is 65.0 cm³/mol. The van der Waals surface area contributed by atoms with Crippen molar-refractivity contribution in [1.29, 1.82) is 0 Å². The molecular formula is C13H15N3O. The van der Waals surface area contributed by atoms with Crippen LogP contribution in [-0.2, 0) is 6.54 Å². The van der Waals surface area contributed by atoms with Crippen molar-refractivity contribution in [3.8, 4) is 5.75 Å². The van der Waals surface area contributed by atoms with Crippen molar-refractivity contribution in [2.75, 3.05) is 7.11 Å². The van der Waals surface area contributed by atoms with Gasteiger partial charge in [0, 0.05) is 12.1 Å². The molecule has 0 saturated carbocycles. The topological polar surface area (TPSA) is 49.9 Å². The summed E-state index contributed by atoms with van der Waals surface area (Å²) in [5.74, 6) is 0.932. The highest BCUT2D eigenvalue weighted by molar-refractivity contribution is 5.46. The van der Waals surface area contributed by atoms with Gasteiger partial charge < -0.3 is 10.1 Å². The minimum absolute atomic E-state index is 0.221. The summed E-state index contributed by atoms with van der Waals surface area (Å²) < 4.78 is 5.36. The molecule has 0 saturated heterocycles. The van der Waals surface area contributed by atoms with Crippen LogP contribution in [0.4, 0.5) is 0 Å². The number of fused-ring (bicyclic) bond motifs is 1. The first-order valence-corrected chi connectivity index (χ1v) is 5.70. The van der Waals surface area contributed by atoms with Crippen LogP contribution in [0.5, 0.6) is 5.75 Å². The fraction of sp³-hybridized carbons (Fsp3) is 0.308. The Morgan fingerprint density at radius 2 is 2.24 bits per heavy atom. The highest BCUT2D eigenvalue weighted by atomic mass is 16.5. The zero-order chi connectivity index (χ0) is 11.8. The zero-order valence-electron chi connectivity index (χ0n) is 9.95. The number of nitrogens with zero attached hydrogens (tertiary/aromatic N) is 1. The maximum atomic E-state index is 5.36. The molecule has 0 aliphatic carbocycles. The number of ether oxygens (including phenoxy) is 1. The van der Waals surface area contributed by atoms with Gasteiger partial charge in [-0.2, -0.15) is 5.10 Å². The Morgan fingerprint density at radius 1 is 1.35 bits per heavy atom. The number of H-pyrrole nitrogens is 1. The molecule has 2 heterocycles. The van der Waals surface area contributed by atoms with Gasteiger partial charge in [-0.15, -0.1) is 0 Å². The van der Waals surface area contributed by atoms with Gasteiger partial charge in [0.25, 0.3) is 0 Å². The summed E-state index contributed by atoms with van der Waals surface area (Å²) in [6.45, 7) is 2.94. The second-order valence-electron chi connectivity index (χ2n) is 4.29. The van der Waals surface area contributed by atoms with Crippen LogP contribution in [0.3, 0.4) is 0 Å². The molecule has 0 spiro atoms. The van der Waals surface area contributed by atoms with E-state index in [1.165, 1.54) is 22.4 Å². The smallest absolute Gasteiger partial charge is 0.122 e. The Hall–Kier alpha value is -1.81. The van der Waals surface area contributed by atoms with E-state index in [9.17, 15) is 0 Å². The lowest BCUT2D eigenvalue weighted by molar-refractivity contribution is 0.410. The van der Waals surface area contributed by atoms with Gasteiger partial charge in [-0.1, -0.05) is 12.1 Å². The van der Waals surface area contributed by atoms with Gasteiger partial charge in [-0.3, -0.25) is 5.10 Å². The predicted octanol–water partition coefficient (Wildman–Crippen LogP) is 1.92. The van der Waals surface area contributed by atoms with Crippen LogP contribution in [0.25, 0.3) is 0 Å². The molecule has 1 aliphatic heterocycles. The van der Waals surface area contributed by atoms with Crippen LogP contribution < -0.4 is 10.1 Å². The zero-order valence-corrected chi connectivity index (χ0v) is 9.95. The highest BCUT2D eigenvalue weighted by Gasteiger charge is 2.26. The molecule has 1 aromatic carbocycles. The molecule has 0 fully saturated rings. The molecule has 0 unspecified atom stereocenters. The van der Waals surface area contributed by atoms with Crippen molar-refractivity contribution in [3.05, 3.63) is 46.8 Å². The quantitative estimate of drug-likeness (QED) is 0.827. The third-order valence-electron chi connectivity index (χ3n) is 3.40. The summed E-state index contributed by atoms with van der Waals surface area (Å²) in [4.78, 5) is 0. The van der Waals surface area contributed by atoms with Gasteiger partial charge in [0.2, 0.25) is 0 Å². The summed E-state index contributed by atoms with van der Waals surface area (Å²) in [6.07, 6.45) is 1.90. The number of rotatable bonds is 2. The normalized spacial score (nSPS) is 18.1. The molecule has 0 radical (unpaired) electrons. The van der Waals surface area contributed by atoms with Crippen LogP contribution in [0.1, 0.15) is 28.4 Å². The fourth-order valence-electron chi connectivity index (χ4n) is 2.47. The monoisotopic (exact) mass is 229 g/mol. The Morgan fingerprint density at radius 3 is 3.06 bits per heavy atom. The molecule has 0 amide bonds. The molecule has 17 heavy (non-hydrogen) atoms.